The number of nitrogens with zero attached hydrogens (tertiary/aromatic N) is 3. The van der Waals surface area contributed by atoms with Gasteiger partial charge < -0.3 is 14.4 Å². The Morgan fingerprint density at radius 1 is 1.14 bits per heavy atom. The van der Waals surface area contributed by atoms with Crippen molar-refractivity contribution in [3.63, 3.8) is 0 Å². The molecule has 1 aromatic carbocycles. The summed E-state index contributed by atoms with van der Waals surface area (Å²) in [7, 11) is 0. The van der Waals surface area contributed by atoms with Gasteiger partial charge in [-0.15, -0.1) is 0 Å². The third kappa shape index (κ3) is 4.03. The molecule has 1 fully saturated rings. The zero-order chi connectivity index (χ0) is 20.4. The van der Waals surface area contributed by atoms with E-state index in [1.165, 1.54) is 12.1 Å². The third-order valence-electron chi connectivity index (χ3n) is 5.40. The molecular formula is C21H24FN3O4. The normalized spacial score (nSPS) is 17.5. The first-order chi connectivity index (χ1) is 14.0. The lowest BCUT2D eigenvalue weighted by molar-refractivity contribution is -0.143. The summed E-state index contributed by atoms with van der Waals surface area (Å²) in [5.74, 6) is -1.16. The van der Waals surface area contributed by atoms with Crippen LogP contribution in [0.3, 0.4) is 0 Å². The van der Waals surface area contributed by atoms with Crippen molar-refractivity contribution in [2.75, 3.05) is 26.3 Å². The van der Waals surface area contributed by atoms with Crippen LogP contribution in [0.5, 0.6) is 0 Å². The van der Waals surface area contributed by atoms with Crippen LogP contribution >= 0.6 is 0 Å². The van der Waals surface area contributed by atoms with Gasteiger partial charge in [0.15, 0.2) is 11.8 Å². The second-order valence-electron chi connectivity index (χ2n) is 7.35. The Hall–Kier alpha value is -2.74. The van der Waals surface area contributed by atoms with Crippen molar-refractivity contribution in [2.24, 2.45) is 0 Å². The highest BCUT2D eigenvalue weighted by Crippen LogP contribution is 2.28. The minimum absolute atomic E-state index is 0.228. The summed E-state index contributed by atoms with van der Waals surface area (Å²) >= 11 is 0. The van der Waals surface area contributed by atoms with Crippen molar-refractivity contribution in [1.29, 1.82) is 0 Å². The van der Waals surface area contributed by atoms with E-state index in [0.717, 1.165) is 36.9 Å². The largest absolute Gasteiger partial charge is 0.448 e. The number of hydrogen-bond donors (Lipinski definition) is 0. The highest BCUT2D eigenvalue weighted by Gasteiger charge is 2.30. The average molecular weight is 401 g/mol. The van der Waals surface area contributed by atoms with Crippen LogP contribution in [0.25, 0.3) is 5.69 Å². The van der Waals surface area contributed by atoms with Gasteiger partial charge in [0.1, 0.15) is 5.82 Å². The second kappa shape index (κ2) is 8.32. The van der Waals surface area contributed by atoms with Gasteiger partial charge in [-0.1, -0.05) is 0 Å². The van der Waals surface area contributed by atoms with E-state index in [1.807, 2.05) is 0 Å². The van der Waals surface area contributed by atoms with Crippen molar-refractivity contribution >= 4 is 11.9 Å². The molecule has 2 aliphatic rings. The van der Waals surface area contributed by atoms with Crippen molar-refractivity contribution in [1.82, 2.24) is 14.7 Å². The third-order valence-corrected chi connectivity index (χ3v) is 5.40. The zero-order valence-corrected chi connectivity index (χ0v) is 16.4. The Bertz CT molecular complexity index is 903. The summed E-state index contributed by atoms with van der Waals surface area (Å²) in [6, 6.07) is 6.01. The number of aromatic nitrogens is 2. The summed E-state index contributed by atoms with van der Waals surface area (Å²) in [6.07, 6.45) is 2.59. The predicted molar refractivity (Wildman–Crippen MR) is 102 cm³/mol. The lowest BCUT2D eigenvalue weighted by atomic mass is 9.95. The molecule has 4 rings (SSSR count). The Kier molecular flexibility index (Phi) is 5.62. The highest BCUT2D eigenvalue weighted by atomic mass is 19.1. The number of amides is 1. The molecule has 2 aromatic rings. The van der Waals surface area contributed by atoms with E-state index < -0.39 is 12.1 Å². The van der Waals surface area contributed by atoms with Gasteiger partial charge in [0, 0.05) is 24.3 Å². The molecule has 0 radical (unpaired) electrons. The fourth-order valence-electron chi connectivity index (χ4n) is 3.87. The van der Waals surface area contributed by atoms with Crippen LogP contribution in [0.2, 0.25) is 0 Å². The maximum Gasteiger partial charge on any atom is 0.359 e. The topological polar surface area (TPSA) is 73.7 Å². The van der Waals surface area contributed by atoms with Crippen LogP contribution in [0.15, 0.2) is 24.3 Å². The molecule has 0 saturated carbocycles. The maximum atomic E-state index is 13.3. The van der Waals surface area contributed by atoms with Gasteiger partial charge in [-0.2, -0.15) is 5.10 Å². The molecule has 1 saturated heterocycles. The molecule has 0 spiro atoms. The second-order valence-corrected chi connectivity index (χ2v) is 7.35. The summed E-state index contributed by atoms with van der Waals surface area (Å²) in [5.41, 5.74) is 2.74. The average Bonchev–Trinajstić information content (AvgIpc) is 3.14. The first-order valence-electron chi connectivity index (χ1n) is 9.99. The minimum atomic E-state index is -0.893. The Balaban J connectivity index is 1.56. The molecule has 7 nitrogen and oxygen atoms in total. The summed E-state index contributed by atoms with van der Waals surface area (Å²) in [4.78, 5) is 27.1. The molecule has 154 valence electrons. The maximum absolute atomic E-state index is 13.3. The number of fused-ring (bicyclic) bond motifs is 1. The van der Waals surface area contributed by atoms with Gasteiger partial charge in [0.2, 0.25) is 0 Å². The van der Waals surface area contributed by atoms with Gasteiger partial charge in [-0.3, -0.25) is 4.79 Å². The molecule has 0 bridgehead atoms. The fourth-order valence-corrected chi connectivity index (χ4v) is 3.87. The number of carbonyl (C=O) groups excluding carboxylic acids is 2. The molecule has 1 aliphatic carbocycles. The number of esters is 1. The van der Waals surface area contributed by atoms with Crippen molar-refractivity contribution in [2.45, 2.75) is 38.7 Å². The number of carbonyl (C=O) groups is 2. The van der Waals surface area contributed by atoms with E-state index in [2.05, 4.69) is 5.10 Å². The van der Waals surface area contributed by atoms with Crippen LogP contribution in [-0.2, 0) is 27.1 Å². The molecule has 0 N–H and O–H groups in total. The summed E-state index contributed by atoms with van der Waals surface area (Å²) in [5, 5.41) is 4.49. The minimum Gasteiger partial charge on any atom is -0.448 e. The molecule has 1 atom stereocenters. The fraction of sp³-hybridized carbons (Fsp3) is 0.476. The monoisotopic (exact) mass is 401 g/mol. The Morgan fingerprint density at radius 3 is 2.55 bits per heavy atom. The van der Waals surface area contributed by atoms with Gasteiger partial charge in [-0.05, 0) is 56.9 Å². The van der Waals surface area contributed by atoms with Gasteiger partial charge in [-0.25, -0.2) is 13.9 Å². The number of rotatable bonds is 4. The number of hydrogen-bond acceptors (Lipinski definition) is 5. The highest BCUT2D eigenvalue weighted by molar-refractivity contribution is 5.92. The first kappa shape index (κ1) is 19.6. The molecule has 8 heteroatoms. The lowest BCUT2D eigenvalue weighted by Crippen LogP contribution is -2.46. The van der Waals surface area contributed by atoms with E-state index in [-0.39, 0.29) is 17.4 Å². The predicted octanol–water partition coefficient (Wildman–Crippen LogP) is 2.29. The van der Waals surface area contributed by atoms with Gasteiger partial charge in [0.25, 0.3) is 5.91 Å². The van der Waals surface area contributed by atoms with Crippen LogP contribution in [-0.4, -0.2) is 59.0 Å². The van der Waals surface area contributed by atoms with Gasteiger partial charge >= 0.3 is 5.97 Å². The Morgan fingerprint density at radius 2 is 1.83 bits per heavy atom. The van der Waals surface area contributed by atoms with E-state index in [9.17, 15) is 14.0 Å². The molecule has 1 amide bonds. The van der Waals surface area contributed by atoms with Crippen LogP contribution < -0.4 is 0 Å². The van der Waals surface area contributed by atoms with Gasteiger partial charge in [0.05, 0.1) is 18.9 Å². The standard InChI is InChI=1S/C21H24FN3O4/c1-14(20(26)24-10-12-28-13-11-24)29-21(27)19-17-4-2-3-5-18(17)25(23-19)16-8-6-15(22)7-9-16/h6-9,14H,2-5,10-13H2,1H3/t14-/m0/s1. The molecule has 0 unspecified atom stereocenters. The SMILES string of the molecule is C[C@H](OC(=O)c1nn(-c2ccc(F)cc2)c2c1CCCC2)C(=O)N1CCOCC1. The summed E-state index contributed by atoms with van der Waals surface area (Å²) < 4.78 is 25.7. The van der Waals surface area contributed by atoms with E-state index in [1.54, 1.807) is 28.6 Å². The lowest BCUT2D eigenvalue weighted by Gasteiger charge is -2.28. The van der Waals surface area contributed by atoms with Crippen molar-refractivity contribution in [3.8, 4) is 5.69 Å². The smallest absolute Gasteiger partial charge is 0.359 e. The van der Waals surface area contributed by atoms with E-state index >= 15 is 0 Å². The van der Waals surface area contributed by atoms with Crippen LogP contribution in [0, 0.1) is 5.82 Å². The number of morpholine rings is 1. The number of halogens is 1. The Labute approximate surface area is 168 Å². The zero-order valence-electron chi connectivity index (χ0n) is 16.4. The molecule has 2 heterocycles. The quantitative estimate of drug-likeness (QED) is 0.735. The molecular weight excluding hydrogens is 377 g/mol. The van der Waals surface area contributed by atoms with Crippen molar-refractivity contribution in [3.05, 3.63) is 47.0 Å². The summed E-state index contributed by atoms with van der Waals surface area (Å²) in [6.45, 7) is 3.55. The molecule has 1 aromatic heterocycles. The molecule has 1 aliphatic heterocycles. The van der Waals surface area contributed by atoms with Crippen LogP contribution in [0.1, 0.15) is 41.5 Å². The molecule has 29 heavy (non-hydrogen) atoms. The number of benzene rings is 1. The van der Waals surface area contributed by atoms with Crippen LogP contribution in [0.4, 0.5) is 4.39 Å². The van der Waals surface area contributed by atoms with Crippen molar-refractivity contribution < 1.29 is 23.5 Å². The van der Waals surface area contributed by atoms with E-state index in [0.29, 0.717) is 32.0 Å². The number of ether oxygens (including phenoxy) is 2. The first-order valence-corrected chi connectivity index (χ1v) is 9.99. The van der Waals surface area contributed by atoms with E-state index in [4.69, 9.17) is 9.47 Å².